The Bertz CT molecular complexity index is 1710. The Morgan fingerprint density at radius 3 is 1.39 bits per heavy atom. The van der Waals surface area contributed by atoms with Gasteiger partial charge in [0, 0.05) is 16.7 Å². The van der Waals surface area contributed by atoms with Gasteiger partial charge in [-0.25, -0.2) is 15.0 Å². The molecule has 2 heterocycles. The molecule has 1 aromatic heterocycles. The SMILES string of the molecule is CC1(C)OB(c2ccc(-c3nc(-c4ccc(C#N)cc4)nc(-c4ccc(-c5ccccc5)cc4)n3)cc2)OC1(C)C. The topological polar surface area (TPSA) is 80.9 Å². The first-order valence-electron chi connectivity index (χ1n) is 13.6. The molecule has 5 aromatic rings. The van der Waals surface area contributed by atoms with E-state index in [4.69, 9.17) is 24.3 Å². The number of benzene rings is 4. The quantitative estimate of drug-likeness (QED) is 0.232. The monoisotopic (exact) mass is 536 g/mol. The molecule has 200 valence electrons. The third kappa shape index (κ3) is 5.28. The predicted octanol–water partition coefficient (Wildman–Crippen LogP) is 6.71. The summed E-state index contributed by atoms with van der Waals surface area (Å²) in [5.74, 6) is 1.67. The minimum Gasteiger partial charge on any atom is -0.399 e. The van der Waals surface area contributed by atoms with Gasteiger partial charge in [0.15, 0.2) is 17.5 Å². The molecule has 0 bridgehead atoms. The summed E-state index contributed by atoms with van der Waals surface area (Å²) in [7, 11) is -0.444. The van der Waals surface area contributed by atoms with Crippen molar-refractivity contribution in [1.29, 1.82) is 5.26 Å². The van der Waals surface area contributed by atoms with Crippen molar-refractivity contribution in [1.82, 2.24) is 15.0 Å². The molecule has 0 aliphatic carbocycles. The van der Waals surface area contributed by atoms with Gasteiger partial charge in [0.2, 0.25) is 0 Å². The van der Waals surface area contributed by atoms with Crippen LogP contribution in [0.5, 0.6) is 0 Å². The van der Waals surface area contributed by atoms with Gasteiger partial charge in [0.25, 0.3) is 0 Å². The molecule has 1 aliphatic rings. The van der Waals surface area contributed by atoms with Gasteiger partial charge < -0.3 is 9.31 Å². The summed E-state index contributed by atoms with van der Waals surface area (Å²) < 4.78 is 12.4. The molecule has 0 N–H and O–H groups in total. The van der Waals surface area contributed by atoms with E-state index in [1.807, 2.05) is 94.4 Å². The molecule has 0 saturated carbocycles. The summed E-state index contributed by atoms with van der Waals surface area (Å²) in [4.78, 5) is 14.5. The highest BCUT2D eigenvalue weighted by molar-refractivity contribution is 6.62. The van der Waals surface area contributed by atoms with Gasteiger partial charge in [-0.2, -0.15) is 5.26 Å². The van der Waals surface area contributed by atoms with Crippen molar-refractivity contribution in [2.24, 2.45) is 0 Å². The van der Waals surface area contributed by atoms with E-state index in [0.717, 1.165) is 33.3 Å². The van der Waals surface area contributed by atoms with Gasteiger partial charge in [-0.05, 0) is 68.6 Å². The Kier molecular flexibility index (Phi) is 6.74. The Labute approximate surface area is 240 Å². The van der Waals surface area contributed by atoms with Crippen LogP contribution >= 0.6 is 0 Å². The molecule has 4 aromatic carbocycles. The third-order valence-electron chi connectivity index (χ3n) is 7.85. The molecule has 6 nitrogen and oxygen atoms in total. The Morgan fingerprint density at radius 1 is 0.537 bits per heavy atom. The molecule has 0 radical (unpaired) electrons. The van der Waals surface area contributed by atoms with E-state index in [9.17, 15) is 5.26 Å². The van der Waals surface area contributed by atoms with Crippen LogP contribution in [0.15, 0.2) is 103 Å². The van der Waals surface area contributed by atoms with Crippen LogP contribution < -0.4 is 5.46 Å². The van der Waals surface area contributed by atoms with Crippen molar-refractivity contribution in [3.05, 3.63) is 109 Å². The second-order valence-corrected chi connectivity index (χ2v) is 11.1. The highest BCUT2D eigenvalue weighted by Gasteiger charge is 2.51. The number of nitriles is 1. The standard InChI is InChI=1S/C34H29BN4O2/c1-33(2)34(3,4)41-35(40-33)29-20-18-28(19-21-29)32-38-30(26-12-10-23(22-36)11-13-26)37-31(39-32)27-16-14-25(15-17-27)24-8-6-5-7-9-24/h5-21H,1-4H3. The molecular formula is C34H29BN4O2. The first kappa shape index (κ1) is 26.6. The van der Waals surface area contributed by atoms with Crippen molar-refractivity contribution in [2.75, 3.05) is 0 Å². The molecule has 6 rings (SSSR count). The summed E-state index contributed by atoms with van der Waals surface area (Å²) in [6, 6.07) is 35.9. The lowest BCUT2D eigenvalue weighted by molar-refractivity contribution is 0.00578. The largest absolute Gasteiger partial charge is 0.494 e. The summed E-state index contributed by atoms with van der Waals surface area (Å²) in [5.41, 5.74) is 5.51. The summed E-state index contributed by atoms with van der Waals surface area (Å²) in [6.45, 7) is 8.19. The van der Waals surface area contributed by atoms with Gasteiger partial charge in [-0.3, -0.25) is 0 Å². The van der Waals surface area contributed by atoms with Crippen LogP contribution in [0.4, 0.5) is 0 Å². The second-order valence-electron chi connectivity index (χ2n) is 11.1. The van der Waals surface area contributed by atoms with E-state index in [2.05, 4.69) is 30.3 Å². The van der Waals surface area contributed by atoms with Crippen molar-refractivity contribution in [2.45, 2.75) is 38.9 Å². The first-order chi connectivity index (χ1) is 19.7. The summed E-state index contributed by atoms with van der Waals surface area (Å²) >= 11 is 0. The Morgan fingerprint density at radius 2 is 0.927 bits per heavy atom. The van der Waals surface area contributed by atoms with Gasteiger partial charge in [-0.15, -0.1) is 0 Å². The number of nitrogens with zero attached hydrogens (tertiary/aromatic N) is 4. The van der Waals surface area contributed by atoms with E-state index >= 15 is 0 Å². The average Bonchev–Trinajstić information content (AvgIpc) is 3.23. The maximum atomic E-state index is 9.24. The van der Waals surface area contributed by atoms with Gasteiger partial charge in [-0.1, -0.05) is 78.9 Å². The highest BCUT2D eigenvalue weighted by Crippen LogP contribution is 2.36. The average molecular weight is 536 g/mol. The predicted molar refractivity (Wildman–Crippen MR) is 162 cm³/mol. The normalized spacial score (nSPS) is 15.4. The zero-order chi connectivity index (χ0) is 28.6. The highest BCUT2D eigenvalue weighted by atomic mass is 16.7. The maximum Gasteiger partial charge on any atom is 0.494 e. The molecule has 0 unspecified atom stereocenters. The molecule has 0 amide bonds. The van der Waals surface area contributed by atoms with Crippen LogP contribution in [0, 0.1) is 11.3 Å². The lowest BCUT2D eigenvalue weighted by Gasteiger charge is -2.32. The third-order valence-corrected chi connectivity index (χ3v) is 7.85. The molecule has 1 aliphatic heterocycles. The maximum absolute atomic E-state index is 9.24. The van der Waals surface area contributed by atoms with Crippen LogP contribution in [-0.2, 0) is 9.31 Å². The fourth-order valence-corrected chi connectivity index (χ4v) is 4.67. The minimum absolute atomic E-state index is 0.411. The van der Waals surface area contributed by atoms with Gasteiger partial charge >= 0.3 is 7.12 Å². The van der Waals surface area contributed by atoms with Crippen LogP contribution in [0.25, 0.3) is 45.3 Å². The molecule has 0 spiro atoms. The molecule has 7 heteroatoms. The van der Waals surface area contributed by atoms with E-state index < -0.39 is 18.3 Å². The van der Waals surface area contributed by atoms with Crippen LogP contribution in [0.2, 0.25) is 0 Å². The Balaban J connectivity index is 1.37. The first-order valence-corrected chi connectivity index (χ1v) is 13.6. The number of aromatic nitrogens is 3. The number of hydrogen-bond acceptors (Lipinski definition) is 6. The van der Waals surface area contributed by atoms with Gasteiger partial charge in [0.1, 0.15) is 0 Å². The van der Waals surface area contributed by atoms with Crippen molar-refractivity contribution in [3.63, 3.8) is 0 Å². The van der Waals surface area contributed by atoms with Crippen molar-refractivity contribution in [3.8, 4) is 51.4 Å². The summed E-state index contributed by atoms with van der Waals surface area (Å²) in [5, 5.41) is 9.24. The minimum atomic E-state index is -0.444. The van der Waals surface area contributed by atoms with Crippen molar-refractivity contribution >= 4 is 12.6 Å². The lowest BCUT2D eigenvalue weighted by atomic mass is 9.79. The van der Waals surface area contributed by atoms with Gasteiger partial charge in [0.05, 0.1) is 22.8 Å². The molecule has 41 heavy (non-hydrogen) atoms. The molecular weight excluding hydrogens is 507 g/mol. The second kappa shape index (κ2) is 10.4. The van der Waals surface area contributed by atoms with E-state index in [0.29, 0.717) is 23.0 Å². The van der Waals surface area contributed by atoms with E-state index in [1.165, 1.54) is 0 Å². The van der Waals surface area contributed by atoms with Crippen LogP contribution in [0.1, 0.15) is 33.3 Å². The summed E-state index contributed by atoms with van der Waals surface area (Å²) in [6.07, 6.45) is 0. The molecule has 0 atom stereocenters. The zero-order valence-corrected chi connectivity index (χ0v) is 23.5. The zero-order valence-electron chi connectivity index (χ0n) is 23.5. The fourth-order valence-electron chi connectivity index (χ4n) is 4.67. The number of hydrogen-bond donors (Lipinski definition) is 0. The smallest absolute Gasteiger partial charge is 0.399 e. The molecule has 1 saturated heterocycles. The van der Waals surface area contributed by atoms with E-state index in [1.54, 1.807) is 12.1 Å². The Hall–Kier alpha value is -4.64. The number of rotatable bonds is 5. The van der Waals surface area contributed by atoms with Crippen LogP contribution in [0.3, 0.4) is 0 Å². The lowest BCUT2D eigenvalue weighted by Crippen LogP contribution is -2.41. The van der Waals surface area contributed by atoms with E-state index in [-0.39, 0.29) is 0 Å². The van der Waals surface area contributed by atoms with Crippen molar-refractivity contribution < 1.29 is 9.31 Å². The molecule has 1 fully saturated rings. The fraction of sp³-hybridized carbons (Fsp3) is 0.176. The van der Waals surface area contributed by atoms with Crippen LogP contribution in [-0.4, -0.2) is 33.3 Å².